The fraction of sp³-hybridized carbons (Fsp3) is 0.161. The Morgan fingerprint density at radius 3 is 2.08 bits per heavy atom. The van der Waals surface area contributed by atoms with Gasteiger partial charge in [-0.05, 0) is 121 Å². The molecule has 6 unspecified atom stereocenters. The molecular weight excluding hydrogens is 801 g/mol. The molecule has 0 radical (unpaired) electrons. The zero-order chi connectivity index (χ0) is 44.2. The summed E-state index contributed by atoms with van der Waals surface area (Å²) in [5, 5.41) is 2.62. The third-order valence-corrected chi connectivity index (χ3v) is 14.6. The van der Waals surface area contributed by atoms with Crippen LogP contribution in [0.1, 0.15) is 49.8 Å². The fourth-order valence-corrected chi connectivity index (χ4v) is 11.4. The highest BCUT2D eigenvalue weighted by atomic mass is 15.2. The van der Waals surface area contributed by atoms with E-state index >= 15 is 0 Å². The molecule has 322 valence electrons. The van der Waals surface area contributed by atoms with Gasteiger partial charge in [-0.15, -0.1) is 0 Å². The zero-order valence-electron chi connectivity index (χ0n) is 37.6. The van der Waals surface area contributed by atoms with Crippen LogP contribution in [-0.2, 0) is 0 Å². The SMILES string of the molecule is CC1C=CC=CC1N(c1ccc2c(c1)c1ccccc1n2C1C=CC=CC1)C1(C)C=CC(c2ccc(N(c3ccccc3)c3ccc4c(c3)C3C=CC=CC3N4c3ccccc3)cc2)=CC1. The fourth-order valence-electron chi connectivity index (χ4n) is 11.4. The number of aromatic nitrogens is 1. The Kier molecular flexibility index (Phi) is 9.97. The molecule has 4 nitrogen and oxygen atoms in total. The average Bonchev–Trinajstić information content (AvgIpc) is 3.88. The summed E-state index contributed by atoms with van der Waals surface area (Å²) in [4.78, 5) is 7.59. The lowest BCUT2D eigenvalue weighted by molar-refractivity contribution is 0.438. The quantitative estimate of drug-likeness (QED) is 0.144. The molecule has 4 heteroatoms. The molecule has 6 aromatic carbocycles. The highest BCUT2D eigenvalue weighted by molar-refractivity contribution is 6.09. The number of para-hydroxylation sites is 3. The van der Waals surface area contributed by atoms with E-state index in [1.165, 1.54) is 55.6 Å². The Hall–Kier alpha value is -7.56. The van der Waals surface area contributed by atoms with Crippen LogP contribution >= 0.6 is 0 Å². The summed E-state index contributed by atoms with van der Waals surface area (Å²) in [6, 6.07) is 54.7. The van der Waals surface area contributed by atoms with Gasteiger partial charge < -0.3 is 19.3 Å². The van der Waals surface area contributed by atoms with Crippen LogP contribution in [0.15, 0.2) is 237 Å². The summed E-state index contributed by atoms with van der Waals surface area (Å²) in [5.41, 5.74) is 13.3. The molecule has 0 amide bonds. The first-order valence-electron chi connectivity index (χ1n) is 23.7. The molecule has 7 aromatic rings. The highest BCUT2D eigenvalue weighted by Crippen LogP contribution is 2.50. The first kappa shape index (κ1) is 40.0. The largest absolute Gasteiger partial charge is 0.355 e. The number of allylic oxidation sites excluding steroid dienone is 10. The summed E-state index contributed by atoms with van der Waals surface area (Å²) >= 11 is 0. The smallest absolute Gasteiger partial charge is 0.0629 e. The molecule has 4 aliphatic carbocycles. The molecular formula is C62H54N4. The highest BCUT2D eigenvalue weighted by Gasteiger charge is 2.39. The van der Waals surface area contributed by atoms with Gasteiger partial charge in [0.2, 0.25) is 0 Å². The van der Waals surface area contributed by atoms with Gasteiger partial charge in [0.25, 0.3) is 0 Å². The van der Waals surface area contributed by atoms with Gasteiger partial charge in [0.15, 0.2) is 0 Å². The standard InChI is InChI=1S/C62H54N4/c1-44-18-12-15-27-57(44)66(52-35-37-61-56(43-52)54-26-14-17-29-59(54)65(61)49-23-10-5-11-24-49)62(2)40-38-46(39-41-62)45-30-32-50(33-31-45)63(47-19-6-3-7-20-47)51-34-36-60-55(42-51)53-25-13-16-28-58(53)64(60)48-21-8-4-9-22-48/h3-23,25-40,42-44,49,53,57-58H,24,41H2,1-2H3. The second-order valence-electron chi connectivity index (χ2n) is 18.7. The molecule has 1 aromatic heterocycles. The van der Waals surface area contributed by atoms with Gasteiger partial charge in [0.05, 0.1) is 23.7 Å². The predicted octanol–water partition coefficient (Wildman–Crippen LogP) is 15.8. The summed E-state index contributed by atoms with van der Waals surface area (Å²) in [5.74, 6) is 0.630. The van der Waals surface area contributed by atoms with E-state index in [9.17, 15) is 0 Å². The molecule has 1 aliphatic heterocycles. The van der Waals surface area contributed by atoms with Crippen LogP contribution in [0.25, 0.3) is 27.4 Å². The van der Waals surface area contributed by atoms with Crippen molar-refractivity contribution in [2.24, 2.45) is 5.92 Å². The minimum Gasteiger partial charge on any atom is -0.355 e. The molecule has 66 heavy (non-hydrogen) atoms. The molecule has 0 saturated heterocycles. The lowest BCUT2D eigenvalue weighted by Gasteiger charge is -2.48. The molecule has 12 rings (SSSR count). The maximum atomic E-state index is 2.69. The topological polar surface area (TPSA) is 14.7 Å². The second-order valence-corrected chi connectivity index (χ2v) is 18.7. The Morgan fingerprint density at radius 2 is 1.29 bits per heavy atom. The van der Waals surface area contributed by atoms with Crippen LogP contribution < -0.4 is 14.7 Å². The zero-order valence-corrected chi connectivity index (χ0v) is 37.6. The molecule has 0 spiro atoms. The molecule has 5 aliphatic rings. The monoisotopic (exact) mass is 854 g/mol. The van der Waals surface area contributed by atoms with Gasteiger partial charge in [-0.2, -0.15) is 0 Å². The molecule has 0 saturated carbocycles. The normalized spacial score (nSPS) is 23.6. The van der Waals surface area contributed by atoms with Crippen molar-refractivity contribution in [1.82, 2.24) is 4.57 Å². The number of anilines is 6. The Morgan fingerprint density at radius 1 is 0.591 bits per heavy atom. The number of fused-ring (bicyclic) bond motifs is 6. The molecule has 6 atom stereocenters. The van der Waals surface area contributed by atoms with Crippen molar-refractivity contribution in [1.29, 1.82) is 0 Å². The van der Waals surface area contributed by atoms with Crippen LogP contribution in [0, 0.1) is 5.92 Å². The van der Waals surface area contributed by atoms with Crippen molar-refractivity contribution in [3.05, 3.63) is 248 Å². The van der Waals surface area contributed by atoms with E-state index in [0.29, 0.717) is 12.0 Å². The van der Waals surface area contributed by atoms with E-state index in [-0.39, 0.29) is 23.5 Å². The Labute approximate surface area is 389 Å². The molecule has 0 bridgehead atoms. The van der Waals surface area contributed by atoms with Crippen molar-refractivity contribution < 1.29 is 0 Å². The van der Waals surface area contributed by atoms with E-state index < -0.39 is 0 Å². The number of rotatable bonds is 9. The van der Waals surface area contributed by atoms with Crippen molar-refractivity contribution in [2.45, 2.75) is 56.3 Å². The molecule has 0 fully saturated rings. The van der Waals surface area contributed by atoms with E-state index in [1.54, 1.807) is 0 Å². The van der Waals surface area contributed by atoms with Crippen molar-refractivity contribution in [3.63, 3.8) is 0 Å². The van der Waals surface area contributed by atoms with Gasteiger partial charge in [0.1, 0.15) is 0 Å². The average molecular weight is 855 g/mol. The van der Waals surface area contributed by atoms with E-state index in [4.69, 9.17) is 0 Å². The van der Waals surface area contributed by atoms with Crippen LogP contribution in [0.3, 0.4) is 0 Å². The second kappa shape index (κ2) is 16.5. The number of hydrogen-bond donors (Lipinski definition) is 0. The lowest BCUT2D eigenvalue weighted by Crippen LogP contribution is -2.53. The lowest BCUT2D eigenvalue weighted by atomic mass is 9.82. The third-order valence-electron chi connectivity index (χ3n) is 14.6. The predicted molar refractivity (Wildman–Crippen MR) is 280 cm³/mol. The first-order chi connectivity index (χ1) is 32.5. The van der Waals surface area contributed by atoms with Gasteiger partial charge in [-0.1, -0.05) is 165 Å². The number of hydrogen-bond acceptors (Lipinski definition) is 3. The van der Waals surface area contributed by atoms with Gasteiger partial charge in [0, 0.05) is 61.8 Å². The third kappa shape index (κ3) is 6.82. The summed E-state index contributed by atoms with van der Waals surface area (Å²) in [7, 11) is 0. The minimum atomic E-state index is -0.253. The molecule has 2 heterocycles. The number of nitrogens with zero attached hydrogens (tertiary/aromatic N) is 4. The van der Waals surface area contributed by atoms with E-state index in [2.05, 4.69) is 270 Å². The van der Waals surface area contributed by atoms with Gasteiger partial charge in [-0.25, -0.2) is 0 Å². The minimum absolute atomic E-state index is 0.206. The molecule has 0 N–H and O–H groups in total. The van der Waals surface area contributed by atoms with Crippen LogP contribution in [-0.4, -0.2) is 22.2 Å². The summed E-state index contributed by atoms with van der Waals surface area (Å²) in [6.07, 6.45) is 36.4. The maximum absolute atomic E-state index is 2.69. The summed E-state index contributed by atoms with van der Waals surface area (Å²) < 4.78 is 2.54. The van der Waals surface area contributed by atoms with Gasteiger partial charge >= 0.3 is 0 Å². The van der Waals surface area contributed by atoms with Crippen LogP contribution in [0.5, 0.6) is 0 Å². The number of benzene rings is 6. The van der Waals surface area contributed by atoms with Gasteiger partial charge in [-0.3, -0.25) is 0 Å². The first-order valence-corrected chi connectivity index (χ1v) is 23.7. The van der Waals surface area contributed by atoms with Crippen molar-refractivity contribution in [2.75, 3.05) is 14.7 Å². The van der Waals surface area contributed by atoms with Crippen molar-refractivity contribution >= 4 is 61.5 Å². The van der Waals surface area contributed by atoms with E-state index in [1.807, 2.05) is 0 Å². The summed E-state index contributed by atoms with van der Waals surface area (Å²) in [6.45, 7) is 4.77. The Balaban J connectivity index is 0.866. The van der Waals surface area contributed by atoms with E-state index in [0.717, 1.165) is 29.9 Å². The maximum Gasteiger partial charge on any atom is 0.0629 e. The van der Waals surface area contributed by atoms with Crippen molar-refractivity contribution in [3.8, 4) is 0 Å². The van der Waals surface area contributed by atoms with Crippen LogP contribution in [0.4, 0.5) is 34.1 Å². The van der Waals surface area contributed by atoms with Crippen LogP contribution in [0.2, 0.25) is 0 Å². The Bertz CT molecular complexity index is 3210.